The van der Waals surface area contributed by atoms with E-state index in [1.807, 2.05) is 0 Å². The molecule has 0 radical (unpaired) electrons. The van der Waals surface area contributed by atoms with E-state index in [-0.39, 0.29) is 35.4 Å². The normalized spacial score (nSPS) is 14.7. The van der Waals surface area contributed by atoms with Gasteiger partial charge in [0.15, 0.2) is 18.1 Å². The van der Waals surface area contributed by atoms with Crippen LogP contribution in [0.4, 0.5) is 5.69 Å². The summed E-state index contributed by atoms with van der Waals surface area (Å²) in [5.41, 5.74) is 0.504. The molecule has 1 heterocycles. The average molecular weight is 471 g/mol. The number of morpholine rings is 1. The van der Waals surface area contributed by atoms with Gasteiger partial charge >= 0.3 is 0 Å². The fourth-order valence-electron chi connectivity index (χ4n) is 2.95. The van der Waals surface area contributed by atoms with E-state index in [2.05, 4.69) is 5.32 Å². The van der Waals surface area contributed by atoms with E-state index in [4.69, 9.17) is 30.5 Å². The second-order valence-electron chi connectivity index (χ2n) is 6.52. The third-order valence-corrected chi connectivity index (χ3v) is 6.73. The highest BCUT2D eigenvalue weighted by atomic mass is 35.5. The minimum atomic E-state index is -3.67. The molecule has 1 aliphatic rings. The van der Waals surface area contributed by atoms with Gasteiger partial charge in [0.25, 0.3) is 5.91 Å². The molecule has 0 bridgehead atoms. The Labute approximate surface area is 185 Å². The molecule has 1 fully saturated rings. The molecule has 0 saturated carbocycles. The van der Waals surface area contributed by atoms with E-state index in [1.165, 1.54) is 36.7 Å². The second kappa shape index (κ2) is 10.2. The van der Waals surface area contributed by atoms with Crippen LogP contribution in [0, 0.1) is 0 Å². The number of nitrogens with one attached hydrogen (secondary N) is 1. The van der Waals surface area contributed by atoms with Gasteiger partial charge in [-0.25, -0.2) is 8.42 Å². The first-order valence-corrected chi connectivity index (χ1v) is 11.2. The molecule has 9 nitrogen and oxygen atoms in total. The van der Waals surface area contributed by atoms with Crippen molar-refractivity contribution in [3.05, 3.63) is 41.4 Å². The lowest BCUT2D eigenvalue weighted by Gasteiger charge is -2.26. The maximum Gasteiger partial charge on any atom is 0.262 e. The number of benzene rings is 2. The molecule has 168 valence electrons. The first kappa shape index (κ1) is 23.1. The van der Waals surface area contributed by atoms with E-state index in [1.54, 1.807) is 18.2 Å². The van der Waals surface area contributed by atoms with Gasteiger partial charge in [-0.3, -0.25) is 4.79 Å². The van der Waals surface area contributed by atoms with Crippen LogP contribution in [-0.2, 0) is 19.6 Å². The number of carbonyl (C=O) groups is 1. The van der Waals surface area contributed by atoms with Gasteiger partial charge in [0.2, 0.25) is 10.0 Å². The molecule has 2 aromatic carbocycles. The van der Waals surface area contributed by atoms with Crippen LogP contribution in [0.15, 0.2) is 41.3 Å². The summed E-state index contributed by atoms with van der Waals surface area (Å²) in [7, 11) is -0.657. The Bertz CT molecular complexity index is 1040. The van der Waals surface area contributed by atoms with E-state index in [0.717, 1.165) is 0 Å². The molecule has 0 aromatic heterocycles. The van der Waals surface area contributed by atoms with Crippen LogP contribution >= 0.6 is 11.6 Å². The number of hydrogen-bond acceptors (Lipinski definition) is 7. The number of rotatable bonds is 8. The highest BCUT2D eigenvalue weighted by molar-refractivity contribution is 7.89. The van der Waals surface area contributed by atoms with Gasteiger partial charge in [-0.15, -0.1) is 0 Å². The van der Waals surface area contributed by atoms with Crippen LogP contribution in [-0.4, -0.2) is 65.8 Å². The molecular formula is C20H23ClN2O7S. The molecule has 1 N–H and O–H groups in total. The Morgan fingerprint density at radius 1 is 1.06 bits per heavy atom. The summed E-state index contributed by atoms with van der Waals surface area (Å²) in [5, 5.41) is 2.77. The molecule has 11 heteroatoms. The Morgan fingerprint density at radius 3 is 2.39 bits per heavy atom. The van der Waals surface area contributed by atoms with E-state index >= 15 is 0 Å². The van der Waals surface area contributed by atoms with Gasteiger partial charge < -0.3 is 24.3 Å². The van der Waals surface area contributed by atoms with Crippen molar-refractivity contribution >= 4 is 33.2 Å². The summed E-state index contributed by atoms with van der Waals surface area (Å²) < 4.78 is 47.8. The van der Waals surface area contributed by atoms with Crippen molar-refractivity contribution in [2.24, 2.45) is 0 Å². The SMILES string of the molecule is COc1ccc(NC(=O)COc2ccc(S(=O)(=O)N3CCOCC3)cc2Cl)cc1OC. The van der Waals surface area contributed by atoms with Gasteiger partial charge in [-0.05, 0) is 30.3 Å². The number of nitrogens with zero attached hydrogens (tertiary/aromatic N) is 1. The summed E-state index contributed by atoms with van der Waals surface area (Å²) in [4.78, 5) is 12.3. The van der Waals surface area contributed by atoms with E-state index in [9.17, 15) is 13.2 Å². The minimum Gasteiger partial charge on any atom is -0.493 e. The van der Waals surface area contributed by atoms with Crippen molar-refractivity contribution in [2.75, 3.05) is 52.4 Å². The fourth-order valence-corrected chi connectivity index (χ4v) is 4.68. The van der Waals surface area contributed by atoms with Crippen LogP contribution in [0.2, 0.25) is 5.02 Å². The van der Waals surface area contributed by atoms with Gasteiger partial charge in [0, 0.05) is 24.8 Å². The third kappa shape index (κ3) is 5.59. The number of hydrogen-bond donors (Lipinski definition) is 1. The van der Waals surface area contributed by atoms with Gasteiger partial charge in [-0.2, -0.15) is 4.31 Å². The summed E-state index contributed by atoms with van der Waals surface area (Å²) in [6.07, 6.45) is 0. The first-order chi connectivity index (χ1) is 14.8. The monoisotopic (exact) mass is 470 g/mol. The van der Waals surface area contributed by atoms with Crippen molar-refractivity contribution < 1.29 is 32.2 Å². The van der Waals surface area contributed by atoms with Crippen molar-refractivity contribution in [2.45, 2.75) is 4.90 Å². The molecule has 0 atom stereocenters. The molecule has 1 saturated heterocycles. The summed E-state index contributed by atoms with van der Waals surface area (Å²) in [5.74, 6) is 0.787. The largest absolute Gasteiger partial charge is 0.493 e. The second-order valence-corrected chi connectivity index (χ2v) is 8.86. The standard InChI is InChI=1S/C20H23ClN2O7S/c1-27-18-5-3-14(11-19(18)28-2)22-20(24)13-30-17-6-4-15(12-16(17)21)31(25,26)23-7-9-29-10-8-23/h3-6,11-12H,7-10,13H2,1-2H3,(H,22,24). The molecule has 0 spiro atoms. The zero-order valence-electron chi connectivity index (χ0n) is 17.1. The zero-order chi connectivity index (χ0) is 22.4. The highest BCUT2D eigenvalue weighted by Gasteiger charge is 2.27. The predicted molar refractivity (Wildman–Crippen MR) is 115 cm³/mol. The van der Waals surface area contributed by atoms with Crippen LogP contribution < -0.4 is 19.5 Å². The van der Waals surface area contributed by atoms with E-state index in [0.29, 0.717) is 30.4 Å². The maximum absolute atomic E-state index is 12.7. The Balaban J connectivity index is 1.62. The molecule has 1 aliphatic heterocycles. The Kier molecular flexibility index (Phi) is 7.60. The number of sulfonamides is 1. The summed E-state index contributed by atoms with van der Waals surface area (Å²) in [6.45, 7) is 0.958. The van der Waals surface area contributed by atoms with Crippen LogP contribution in [0.3, 0.4) is 0 Å². The number of halogens is 1. The van der Waals surface area contributed by atoms with Crippen LogP contribution in [0.5, 0.6) is 17.2 Å². The first-order valence-electron chi connectivity index (χ1n) is 9.37. The molecule has 31 heavy (non-hydrogen) atoms. The lowest BCUT2D eigenvalue weighted by molar-refractivity contribution is -0.118. The molecule has 0 aliphatic carbocycles. The third-order valence-electron chi connectivity index (χ3n) is 4.54. The number of ether oxygens (including phenoxy) is 4. The van der Waals surface area contributed by atoms with Gasteiger partial charge in [-0.1, -0.05) is 11.6 Å². The fraction of sp³-hybridized carbons (Fsp3) is 0.350. The van der Waals surface area contributed by atoms with Crippen molar-refractivity contribution in [3.8, 4) is 17.2 Å². The minimum absolute atomic E-state index is 0.0570. The highest BCUT2D eigenvalue weighted by Crippen LogP contribution is 2.31. The number of anilines is 1. The molecular weight excluding hydrogens is 448 g/mol. The molecule has 1 amide bonds. The maximum atomic E-state index is 12.7. The number of amides is 1. The van der Waals surface area contributed by atoms with Crippen molar-refractivity contribution in [1.29, 1.82) is 0 Å². The van der Waals surface area contributed by atoms with Crippen LogP contribution in [0.1, 0.15) is 0 Å². The zero-order valence-corrected chi connectivity index (χ0v) is 18.7. The van der Waals surface area contributed by atoms with Gasteiger partial charge in [0.1, 0.15) is 5.75 Å². The van der Waals surface area contributed by atoms with Crippen LogP contribution in [0.25, 0.3) is 0 Å². The predicted octanol–water partition coefficient (Wildman–Crippen LogP) is 2.40. The quantitative estimate of drug-likeness (QED) is 0.631. The molecule has 0 unspecified atom stereocenters. The lowest BCUT2D eigenvalue weighted by Crippen LogP contribution is -2.40. The van der Waals surface area contributed by atoms with Crippen molar-refractivity contribution in [1.82, 2.24) is 4.31 Å². The Morgan fingerprint density at radius 2 is 1.74 bits per heavy atom. The van der Waals surface area contributed by atoms with E-state index < -0.39 is 15.9 Å². The Hall–Kier alpha value is -2.53. The lowest BCUT2D eigenvalue weighted by atomic mass is 10.2. The summed E-state index contributed by atoms with van der Waals surface area (Å²) in [6, 6.07) is 9.10. The number of carbonyl (C=O) groups excluding carboxylic acids is 1. The van der Waals surface area contributed by atoms with Crippen molar-refractivity contribution in [3.63, 3.8) is 0 Å². The number of methoxy groups -OCH3 is 2. The van der Waals surface area contributed by atoms with Gasteiger partial charge in [0.05, 0.1) is 37.4 Å². The topological polar surface area (TPSA) is 103 Å². The molecule has 3 rings (SSSR count). The molecule has 2 aromatic rings. The smallest absolute Gasteiger partial charge is 0.262 e. The summed E-state index contributed by atoms with van der Waals surface area (Å²) >= 11 is 6.20. The average Bonchev–Trinajstić information content (AvgIpc) is 2.78.